The molecule has 0 aliphatic carbocycles. The summed E-state index contributed by atoms with van der Waals surface area (Å²) in [6.45, 7) is 5.56. The van der Waals surface area contributed by atoms with E-state index in [0.29, 0.717) is 17.0 Å². The molecule has 2 aromatic carbocycles. The van der Waals surface area contributed by atoms with E-state index < -0.39 is 10.9 Å². The Morgan fingerprint density at radius 1 is 0.815 bits per heavy atom. The van der Waals surface area contributed by atoms with Crippen LogP contribution in [-0.4, -0.2) is 14.3 Å². The lowest BCUT2D eigenvalue weighted by Crippen LogP contribution is -2.13. The average molecular weight is 386 g/mol. The molecule has 0 aliphatic rings. The van der Waals surface area contributed by atoms with Crippen molar-refractivity contribution in [1.82, 2.24) is 0 Å². The summed E-state index contributed by atoms with van der Waals surface area (Å²) in [7, 11) is -2.53. The Labute approximate surface area is 160 Å². The zero-order chi connectivity index (χ0) is 19.8. The second-order valence-corrected chi connectivity index (χ2v) is 6.51. The van der Waals surface area contributed by atoms with Crippen LogP contribution in [0.4, 0.5) is 11.4 Å². The summed E-state index contributed by atoms with van der Waals surface area (Å²) in [5, 5.41) is 2.85. The van der Waals surface area contributed by atoms with Gasteiger partial charge in [0.15, 0.2) is 0 Å². The van der Waals surface area contributed by atoms with Gasteiger partial charge in [-0.25, -0.2) is 8.42 Å². The predicted molar refractivity (Wildman–Crippen MR) is 108 cm³/mol. The van der Waals surface area contributed by atoms with Gasteiger partial charge >= 0.3 is 0 Å². The van der Waals surface area contributed by atoms with Gasteiger partial charge in [-0.1, -0.05) is 36.4 Å². The number of thiol groups is 1. The Morgan fingerprint density at radius 2 is 1.33 bits per heavy atom. The van der Waals surface area contributed by atoms with E-state index in [2.05, 4.69) is 10.0 Å². The van der Waals surface area contributed by atoms with Crippen molar-refractivity contribution in [2.45, 2.75) is 20.8 Å². The molecule has 0 saturated carbocycles. The highest BCUT2D eigenvalue weighted by atomic mass is 32.2. The molecule has 0 radical (unpaired) electrons. The first-order valence-electron chi connectivity index (χ1n) is 8.27. The van der Waals surface area contributed by atoms with Crippen LogP contribution < -0.4 is 10.0 Å². The molecule has 27 heavy (non-hydrogen) atoms. The van der Waals surface area contributed by atoms with Gasteiger partial charge < -0.3 is 9.73 Å². The maximum atomic E-state index is 12.1. The van der Waals surface area contributed by atoms with Crippen molar-refractivity contribution in [3.63, 3.8) is 0 Å². The minimum Gasteiger partial charge on any atom is -0.466 e. The number of nitrogens with one attached hydrogen (secondary N) is 2. The first kappa shape index (κ1) is 20.3. The van der Waals surface area contributed by atoms with Gasteiger partial charge in [0.1, 0.15) is 11.5 Å². The molecule has 2 N–H and O–H groups in total. The molecule has 6 nitrogen and oxygen atoms in total. The fraction of sp³-hybridized carbons (Fsp3) is 0.150. The van der Waals surface area contributed by atoms with E-state index in [9.17, 15) is 13.2 Å². The van der Waals surface area contributed by atoms with Crippen molar-refractivity contribution in [3.05, 3.63) is 83.3 Å². The van der Waals surface area contributed by atoms with Crippen molar-refractivity contribution in [3.8, 4) is 0 Å². The number of anilines is 2. The summed E-state index contributed by atoms with van der Waals surface area (Å²) in [6, 6.07) is 18.1. The van der Waals surface area contributed by atoms with Crippen LogP contribution in [-0.2, 0) is 10.9 Å². The minimum absolute atomic E-state index is 0.122. The number of carbonyl (C=O) groups excluding carboxylic acids is 1. The summed E-state index contributed by atoms with van der Waals surface area (Å²) in [6.07, 6.45) is 0. The molecule has 0 unspecified atom stereocenters. The molecule has 0 spiro atoms. The summed E-state index contributed by atoms with van der Waals surface area (Å²) >= 11 is 0. The van der Waals surface area contributed by atoms with Crippen LogP contribution in [0.25, 0.3) is 0 Å². The Bertz CT molecular complexity index is 956. The molecule has 3 rings (SSSR count). The number of carbonyl (C=O) groups is 1. The molecule has 0 fully saturated rings. The highest BCUT2D eigenvalue weighted by Gasteiger charge is 2.18. The fourth-order valence-electron chi connectivity index (χ4n) is 2.46. The summed E-state index contributed by atoms with van der Waals surface area (Å²) in [5.74, 6) is 1.33. The van der Waals surface area contributed by atoms with Crippen LogP contribution in [0, 0.1) is 20.8 Å². The lowest BCUT2D eigenvalue weighted by molar-refractivity contribution is 0.102. The Morgan fingerprint density at radius 3 is 1.78 bits per heavy atom. The van der Waals surface area contributed by atoms with Crippen LogP contribution in [0.15, 0.2) is 65.1 Å². The maximum Gasteiger partial charge on any atom is 0.259 e. The number of aryl methyl sites for hydroxylation is 2. The van der Waals surface area contributed by atoms with E-state index in [0.717, 1.165) is 17.0 Å². The van der Waals surface area contributed by atoms with Gasteiger partial charge in [-0.05, 0) is 45.0 Å². The van der Waals surface area contributed by atoms with Gasteiger partial charge in [0, 0.05) is 16.9 Å². The van der Waals surface area contributed by atoms with Crippen LogP contribution in [0.3, 0.4) is 0 Å². The highest BCUT2D eigenvalue weighted by molar-refractivity contribution is 7.73. The van der Waals surface area contributed by atoms with Crippen molar-refractivity contribution in [1.29, 1.82) is 0 Å². The average Bonchev–Trinajstić information content (AvgIpc) is 2.89. The van der Waals surface area contributed by atoms with Gasteiger partial charge in [0.05, 0.1) is 5.56 Å². The summed E-state index contributed by atoms with van der Waals surface area (Å²) in [5.41, 5.74) is 2.91. The summed E-state index contributed by atoms with van der Waals surface area (Å²) < 4.78 is 27.9. The number of benzene rings is 2. The van der Waals surface area contributed by atoms with Crippen molar-refractivity contribution in [2.75, 3.05) is 10.0 Å². The first-order chi connectivity index (χ1) is 12.9. The van der Waals surface area contributed by atoms with Gasteiger partial charge in [-0.3, -0.25) is 9.52 Å². The topological polar surface area (TPSA) is 88.4 Å². The predicted octanol–water partition coefficient (Wildman–Crippen LogP) is 4.08. The zero-order valence-corrected chi connectivity index (χ0v) is 16.2. The molecule has 0 atom stereocenters. The number of para-hydroxylation sites is 2. The number of rotatable bonds is 4. The molecule has 3 aromatic rings. The third-order valence-corrected chi connectivity index (χ3v) is 4.26. The molecule has 1 aromatic heterocycles. The van der Waals surface area contributed by atoms with E-state index in [4.69, 9.17) is 4.42 Å². The SMILES string of the molecule is Cc1oc(C)c(C(=O)Nc2ccccc2)c1C.O=[SH](=O)Nc1ccccc1. The molecule has 0 aliphatic heterocycles. The second kappa shape index (κ2) is 9.59. The number of amides is 1. The normalized spacial score (nSPS) is 10.1. The van der Waals surface area contributed by atoms with Crippen molar-refractivity contribution < 1.29 is 17.6 Å². The molecule has 7 heteroatoms. The van der Waals surface area contributed by atoms with Gasteiger partial charge in [0.25, 0.3) is 5.91 Å². The standard InChI is InChI=1S/C14H15NO2.C6H7NO2S/c1-9-10(2)17-11(3)13(9)14(16)15-12-7-5-4-6-8-12;8-10(9)7-6-4-2-1-3-5-6/h4-8H,1-3H3,(H,15,16);1-5,10H,(H,7,8,9). The van der Waals surface area contributed by atoms with E-state index in [1.807, 2.05) is 50.2 Å². The Kier molecular flexibility index (Phi) is 7.19. The van der Waals surface area contributed by atoms with Crippen molar-refractivity contribution in [2.24, 2.45) is 0 Å². The Balaban J connectivity index is 0.000000223. The quantitative estimate of drug-likeness (QED) is 0.590. The fourth-order valence-corrected chi connectivity index (χ4v) is 2.82. The molecule has 1 heterocycles. The van der Waals surface area contributed by atoms with Gasteiger partial charge in [-0.15, -0.1) is 0 Å². The van der Waals surface area contributed by atoms with Crippen LogP contribution in [0.1, 0.15) is 27.4 Å². The first-order valence-corrected chi connectivity index (χ1v) is 9.45. The van der Waals surface area contributed by atoms with E-state index in [1.165, 1.54) is 0 Å². The third-order valence-electron chi connectivity index (χ3n) is 3.81. The molecule has 142 valence electrons. The summed E-state index contributed by atoms with van der Waals surface area (Å²) in [4.78, 5) is 12.1. The van der Waals surface area contributed by atoms with Crippen LogP contribution in [0.5, 0.6) is 0 Å². The Hall–Kier alpha value is -3.06. The molecule has 0 saturated heterocycles. The smallest absolute Gasteiger partial charge is 0.259 e. The zero-order valence-electron chi connectivity index (χ0n) is 15.4. The molecular formula is C20H22N2O4S. The maximum absolute atomic E-state index is 12.1. The highest BCUT2D eigenvalue weighted by Crippen LogP contribution is 2.21. The monoisotopic (exact) mass is 386 g/mol. The van der Waals surface area contributed by atoms with E-state index in [1.54, 1.807) is 31.2 Å². The van der Waals surface area contributed by atoms with E-state index >= 15 is 0 Å². The van der Waals surface area contributed by atoms with Gasteiger partial charge in [0.2, 0.25) is 10.9 Å². The second-order valence-electron chi connectivity index (χ2n) is 5.77. The number of furan rings is 1. The van der Waals surface area contributed by atoms with E-state index in [-0.39, 0.29) is 5.91 Å². The number of hydrogen-bond acceptors (Lipinski definition) is 4. The molecule has 0 bridgehead atoms. The largest absolute Gasteiger partial charge is 0.466 e. The minimum atomic E-state index is -2.53. The molecular weight excluding hydrogens is 364 g/mol. The third kappa shape index (κ3) is 6.00. The van der Waals surface area contributed by atoms with Gasteiger partial charge in [-0.2, -0.15) is 0 Å². The molecule has 1 amide bonds. The lowest BCUT2D eigenvalue weighted by Gasteiger charge is -2.04. The van der Waals surface area contributed by atoms with Crippen LogP contribution in [0.2, 0.25) is 0 Å². The number of hydrogen-bond donors (Lipinski definition) is 3. The lowest BCUT2D eigenvalue weighted by atomic mass is 10.1. The van der Waals surface area contributed by atoms with Crippen molar-refractivity contribution >= 4 is 28.2 Å². The van der Waals surface area contributed by atoms with Crippen LogP contribution >= 0.6 is 0 Å².